The van der Waals surface area contributed by atoms with Crippen molar-refractivity contribution in [3.63, 3.8) is 0 Å². The molecule has 2 heterocycles. The Kier molecular flexibility index (Phi) is 10.7. The van der Waals surface area contributed by atoms with E-state index in [2.05, 4.69) is 50.0 Å². The number of ether oxygens (including phenoxy) is 2. The fourth-order valence-corrected chi connectivity index (χ4v) is 6.32. The second-order valence-electron chi connectivity index (χ2n) is 12.1. The lowest BCUT2D eigenvalue weighted by Crippen LogP contribution is -2.54. The molecular formula is C27H50N4O3Si. The van der Waals surface area contributed by atoms with Crippen LogP contribution in [0.5, 0.6) is 0 Å². The second-order valence-corrected chi connectivity index (χ2v) is 17.7. The highest BCUT2D eigenvalue weighted by molar-refractivity contribution is 6.76. The van der Waals surface area contributed by atoms with Crippen molar-refractivity contribution >= 4 is 14.1 Å². The minimum absolute atomic E-state index is 0.00977. The third-order valence-corrected chi connectivity index (χ3v) is 9.58. The molecule has 35 heavy (non-hydrogen) atoms. The van der Waals surface area contributed by atoms with Crippen LogP contribution in [-0.4, -0.2) is 67.2 Å². The molecule has 2 unspecified atom stereocenters. The lowest BCUT2D eigenvalue weighted by Gasteiger charge is -2.42. The smallest absolute Gasteiger partial charge is 0.317 e. The van der Waals surface area contributed by atoms with Crippen LogP contribution < -0.4 is 5.32 Å². The lowest BCUT2D eigenvalue weighted by molar-refractivity contribution is -0.0248. The molecule has 2 atom stereocenters. The number of hydrogen-bond donors (Lipinski definition) is 1. The van der Waals surface area contributed by atoms with Gasteiger partial charge in [0, 0.05) is 45.6 Å². The fraction of sp³-hybridized carbons (Fsp3) is 0.852. The van der Waals surface area contributed by atoms with Crippen LogP contribution in [0.3, 0.4) is 0 Å². The first kappa shape index (κ1) is 28.2. The Morgan fingerprint density at radius 1 is 1.20 bits per heavy atom. The van der Waals surface area contributed by atoms with Gasteiger partial charge in [-0.3, -0.25) is 0 Å². The van der Waals surface area contributed by atoms with Crippen molar-refractivity contribution in [1.29, 1.82) is 0 Å². The normalized spacial score (nSPS) is 25.7. The Hall–Kier alpha value is -1.38. The van der Waals surface area contributed by atoms with Crippen molar-refractivity contribution in [3.05, 3.63) is 18.0 Å². The van der Waals surface area contributed by atoms with Crippen molar-refractivity contribution in [3.8, 4) is 0 Å². The van der Waals surface area contributed by atoms with E-state index in [9.17, 15) is 4.79 Å². The summed E-state index contributed by atoms with van der Waals surface area (Å²) in [6, 6.07) is 3.28. The zero-order valence-electron chi connectivity index (χ0n) is 23.1. The molecule has 1 saturated heterocycles. The largest absolute Gasteiger partial charge is 0.376 e. The predicted octanol–water partition coefficient (Wildman–Crippen LogP) is 5.70. The van der Waals surface area contributed by atoms with Crippen LogP contribution >= 0.6 is 0 Å². The monoisotopic (exact) mass is 506 g/mol. The molecule has 1 aromatic rings. The van der Waals surface area contributed by atoms with Crippen LogP contribution in [0.15, 0.2) is 12.3 Å². The Bertz CT molecular complexity index is 771. The summed E-state index contributed by atoms with van der Waals surface area (Å²) in [5, 5.41) is 7.61. The Labute approximate surface area is 214 Å². The second kappa shape index (κ2) is 13.2. The molecule has 0 radical (unpaired) electrons. The lowest BCUT2D eigenvalue weighted by atomic mass is 9.80. The summed E-state index contributed by atoms with van der Waals surface area (Å²) < 4.78 is 14.6. The van der Waals surface area contributed by atoms with Gasteiger partial charge in [0.2, 0.25) is 0 Å². The number of piperidine rings is 1. The van der Waals surface area contributed by atoms with Crippen molar-refractivity contribution in [2.45, 2.75) is 110 Å². The van der Waals surface area contributed by atoms with Crippen LogP contribution in [0.25, 0.3) is 0 Å². The van der Waals surface area contributed by atoms with Gasteiger partial charge in [-0.05, 0) is 69.4 Å². The molecule has 1 aliphatic heterocycles. The van der Waals surface area contributed by atoms with E-state index in [0.29, 0.717) is 26.0 Å². The van der Waals surface area contributed by atoms with Crippen LogP contribution in [0.4, 0.5) is 4.79 Å². The van der Waals surface area contributed by atoms with Gasteiger partial charge in [-0.25, -0.2) is 9.48 Å². The number of amides is 2. The molecule has 2 fully saturated rings. The van der Waals surface area contributed by atoms with Crippen LogP contribution in [-0.2, 0) is 16.2 Å². The maximum atomic E-state index is 13.0. The van der Waals surface area contributed by atoms with E-state index in [-0.39, 0.29) is 18.0 Å². The van der Waals surface area contributed by atoms with Gasteiger partial charge >= 0.3 is 6.03 Å². The zero-order valence-corrected chi connectivity index (χ0v) is 24.1. The van der Waals surface area contributed by atoms with Gasteiger partial charge in [0.15, 0.2) is 0 Å². The predicted molar refractivity (Wildman–Crippen MR) is 144 cm³/mol. The molecule has 7 nitrogen and oxygen atoms in total. The number of likely N-dealkylation sites (tertiary alicyclic amines) is 1. The topological polar surface area (TPSA) is 68.6 Å². The zero-order chi connectivity index (χ0) is 25.4. The highest BCUT2D eigenvalue weighted by Gasteiger charge is 2.38. The number of aromatic nitrogens is 2. The standard InChI is InChI=1S/C27H50N4O3Si/c1-7-28-27(32)30-16-8-9-24(25-14-15-29-31(25)20-33-17-18-35(4,5)6)26(30)19-34-23-12-10-22(11-13-23)21(2)3/h14-15,21-24,26H,7-13,16-20H2,1-6H3,(H,28,32). The highest BCUT2D eigenvalue weighted by Crippen LogP contribution is 2.35. The van der Waals surface area contributed by atoms with Crippen molar-refractivity contribution in [1.82, 2.24) is 20.0 Å². The number of nitrogens with one attached hydrogen (secondary N) is 1. The molecule has 200 valence electrons. The first-order chi connectivity index (χ1) is 16.7. The third kappa shape index (κ3) is 8.32. The third-order valence-electron chi connectivity index (χ3n) is 7.87. The number of carbonyl (C=O) groups is 1. The van der Waals surface area contributed by atoms with E-state index in [4.69, 9.17) is 9.47 Å². The molecule has 2 amide bonds. The molecule has 1 saturated carbocycles. The van der Waals surface area contributed by atoms with Gasteiger partial charge < -0.3 is 19.7 Å². The highest BCUT2D eigenvalue weighted by atomic mass is 28.3. The van der Waals surface area contributed by atoms with E-state index in [1.54, 1.807) is 0 Å². The van der Waals surface area contributed by atoms with E-state index in [1.807, 2.05) is 22.7 Å². The first-order valence-corrected chi connectivity index (χ1v) is 17.7. The minimum atomic E-state index is -1.13. The number of hydrogen-bond acceptors (Lipinski definition) is 4. The van der Waals surface area contributed by atoms with Crippen molar-refractivity contribution in [2.24, 2.45) is 11.8 Å². The summed E-state index contributed by atoms with van der Waals surface area (Å²) in [4.78, 5) is 15.0. The van der Waals surface area contributed by atoms with E-state index in [1.165, 1.54) is 12.8 Å². The quantitative estimate of drug-likeness (QED) is 0.309. The van der Waals surface area contributed by atoms with Gasteiger partial charge in [-0.1, -0.05) is 33.5 Å². The molecule has 1 N–H and O–H groups in total. The summed E-state index contributed by atoms with van der Waals surface area (Å²) in [6.45, 7) is 17.0. The molecule has 1 aliphatic carbocycles. The Morgan fingerprint density at radius 2 is 1.94 bits per heavy atom. The molecule has 2 aliphatic rings. The fourth-order valence-electron chi connectivity index (χ4n) is 5.56. The number of urea groups is 1. The maximum absolute atomic E-state index is 13.0. The van der Waals surface area contributed by atoms with Gasteiger partial charge in [-0.2, -0.15) is 5.10 Å². The molecule has 3 rings (SSSR count). The number of carbonyl (C=O) groups excluding carboxylic acids is 1. The molecule has 8 heteroatoms. The van der Waals surface area contributed by atoms with Gasteiger partial charge in [-0.15, -0.1) is 0 Å². The van der Waals surface area contributed by atoms with Gasteiger partial charge in [0.1, 0.15) is 6.73 Å². The molecular weight excluding hydrogens is 456 g/mol. The minimum Gasteiger partial charge on any atom is -0.376 e. The summed E-state index contributed by atoms with van der Waals surface area (Å²) in [7, 11) is -1.13. The average Bonchev–Trinajstić information content (AvgIpc) is 3.28. The maximum Gasteiger partial charge on any atom is 0.317 e. The average molecular weight is 507 g/mol. The Balaban J connectivity index is 1.68. The van der Waals surface area contributed by atoms with E-state index >= 15 is 0 Å². The summed E-state index contributed by atoms with van der Waals surface area (Å²) in [6.07, 6.45) is 8.94. The summed E-state index contributed by atoms with van der Waals surface area (Å²) >= 11 is 0. The SMILES string of the molecule is CCNC(=O)N1CCCC(c2ccnn2COCC[Si](C)(C)C)C1COC1CCC(C(C)C)CC1. The molecule has 0 bridgehead atoms. The molecule has 0 spiro atoms. The van der Waals surface area contributed by atoms with Crippen molar-refractivity contribution < 1.29 is 14.3 Å². The number of rotatable bonds is 11. The Morgan fingerprint density at radius 3 is 2.60 bits per heavy atom. The summed E-state index contributed by atoms with van der Waals surface area (Å²) in [5.41, 5.74) is 1.16. The summed E-state index contributed by atoms with van der Waals surface area (Å²) in [5.74, 6) is 1.76. The first-order valence-electron chi connectivity index (χ1n) is 13.9. The van der Waals surface area contributed by atoms with Crippen LogP contribution in [0, 0.1) is 11.8 Å². The number of nitrogens with zero attached hydrogens (tertiary/aromatic N) is 3. The van der Waals surface area contributed by atoms with Crippen molar-refractivity contribution in [2.75, 3.05) is 26.3 Å². The molecule has 1 aromatic heterocycles. The van der Waals surface area contributed by atoms with Gasteiger partial charge in [0.05, 0.1) is 18.8 Å². The van der Waals surface area contributed by atoms with E-state index in [0.717, 1.165) is 62.4 Å². The molecule has 0 aromatic carbocycles. The van der Waals surface area contributed by atoms with E-state index < -0.39 is 8.07 Å². The van der Waals surface area contributed by atoms with Gasteiger partial charge in [0.25, 0.3) is 0 Å². The van der Waals surface area contributed by atoms with Crippen LogP contribution in [0.1, 0.15) is 70.9 Å². The van der Waals surface area contributed by atoms with Crippen LogP contribution in [0.2, 0.25) is 25.7 Å².